The fourth-order valence-corrected chi connectivity index (χ4v) is 2.84. The van der Waals surface area contributed by atoms with Crippen molar-refractivity contribution in [3.63, 3.8) is 0 Å². The molecular formula is C14H13ClFNOS. The van der Waals surface area contributed by atoms with E-state index < -0.39 is 11.7 Å². The lowest BCUT2D eigenvalue weighted by atomic mass is 10.2. The minimum absolute atomic E-state index is 0.0301. The topological polar surface area (TPSA) is 29.1 Å². The largest absolute Gasteiger partial charge is 0.347 e. The molecule has 0 atom stereocenters. The molecule has 0 aliphatic heterocycles. The molecule has 2 nitrogen and oxygen atoms in total. The van der Waals surface area contributed by atoms with Gasteiger partial charge in [0, 0.05) is 14.8 Å². The van der Waals surface area contributed by atoms with E-state index in [-0.39, 0.29) is 5.56 Å². The minimum atomic E-state index is -0.569. The summed E-state index contributed by atoms with van der Waals surface area (Å²) in [6.07, 6.45) is 0. The first-order valence-corrected chi connectivity index (χ1v) is 6.96. The van der Waals surface area contributed by atoms with E-state index in [4.69, 9.17) is 11.6 Å². The molecule has 1 N–H and O–H groups in total. The van der Waals surface area contributed by atoms with Gasteiger partial charge in [0.1, 0.15) is 5.82 Å². The number of amides is 1. The van der Waals surface area contributed by atoms with Gasteiger partial charge in [-0.2, -0.15) is 0 Å². The second-order valence-corrected chi connectivity index (χ2v) is 6.04. The molecule has 0 spiro atoms. The maximum atomic E-state index is 13.5. The van der Waals surface area contributed by atoms with E-state index >= 15 is 0 Å². The molecule has 1 aromatic carbocycles. The first-order valence-electron chi connectivity index (χ1n) is 5.76. The fraction of sp³-hybridized carbons (Fsp3) is 0.214. The molecule has 0 aliphatic rings. The van der Waals surface area contributed by atoms with Gasteiger partial charge < -0.3 is 5.32 Å². The van der Waals surface area contributed by atoms with Crippen molar-refractivity contribution in [3.8, 4) is 0 Å². The molecule has 1 aromatic heterocycles. The van der Waals surface area contributed by atoms with Crippen molar-refractivity contribution < 1.29 is 9.18 Å². The maximum absolute atomic E-state index is 13.5. The van der Waals surface area contributed by atoms with Crippen LogP contribution >= 0.6 is 22.9 Å². The SMILES string of the molecule is Cc1cc(CNC(=O)c2cc(Cl)ccc2F)sc1C. The number of carbonyl (C=O) groups excluding carboxylic acids is 1. The molecule has 0 saturated heterocycles. The van der Waals surface area contributed by atoms with Gasteiger partial charge in [0.25, 0.3) is 5.91 Å². The van der Waals surface area contributed by atoms with Crippen LogP contribution in [0.1, 0.15) is 25.7 Å². The Bertz CT molecular complexity index is 604. The highest BCUT2D eigenvalue weighted by Gasteiger charge is 2.12. The molecule has 2 rings (SSSR count). The number of nitrogens with one attached hydrogen (secondary N) is 1. The summed E-state index contributed by atoms with van der Waals surface area (Å²) < 4.78 is 13.5. The van der Waals surface area contributed by atoms with Gasteiger partial charge in [0.05, 0.1) is 12.1 Å². The number of hydrogen-bond acceptors (Lipinski definition) is 2. The fourth-order valence-electron chi connectivity index (χ4n) is 1.67. The van der Waals surface area contributed by atoms with Crippen LogP contribution in [0.2, 0.25) is 5.02 Å². The molecule has 1 heterocycles. The Hall–Kier alpha value is -1.39. The van der Waals surface area contributed by atoms with Crippen molar-refractivity contribution in [1.29, 1.82) is 0 Å². The average molecular weight is 298 g/mol. The van der Waals surface area contributed by atoms with Crippen LogP contribution in [0.3, 0.4) is 0 Å². The van der Waals surface area contributed by atoms with Gasteiger partial charge in [0.15, 0.2) is 0 Å². The van der Waals surface area contributed by atoms with E-state index in [2.05, 4.69) is 5.32 Å². The molecule has 0 radical (unpaired) electrons. The molecule has 5 heteroatoms. The standard InChI is InChI=1S/C14H13ClFNOS/c1-8-5-11(19-9(8)2)7-17-14(18)12-6-10(15)3-4-13(12)16/h3-6H,7H2,1-2H3,(H,17,18). The molecular weight excluding hydrogens is 285 g/mol. The van der Waals surface area contributed by atoms with Crippen molar-refractivity contribution in [1.82, 2.24) is 5.32 Å². The normalized spacial score (nSPS) is 10.5. The summed E-state index contributed by atoms with van der Waals surface area (Å²) >= 11 is 7.38. The van der Waals surface area contributed by atoms with Crippen LogP contribution in [0.25, 0.3) is 0 Å². The number of benzene rings is 1. The monoisotopic (exact) mass is 297 g/mol. The Morgan fingerprint density at radius 3 is 2.74 bits per heavy atom. The van der Waals surface area contributed by atoms with Crippen LogP contribution < -0.4 is 5.32 Å². The van der Waals surface area contributed by atoms with E-state index in [1.807, 2.05) is 19.9 Å². The predicted molar refractivity (Wildman–Crippen MR) is 76.4 cm³/mol. The zero-order chi connectivity index (χ0) is 14.0. The molecule has 0 aliphatic carbocycles. The van der Waals surface area contributed by atoms with Crippen LogP contribution in [0.15, 0.2) is 24.3 Å². The second-order valence-electron chi connectivity index (χ2n) is 4.26. The first kappa shape index (κ1) is 14.0. The Labute approximate surface area is 120 Å². The second kappa shape index (κ2) is 5.72. The third-order valence-corrected chi connectivity index (χ3v) is 4.20. The van der Waals surface area contributed by atoms with Crippen LogP contribution in [0.4, 0.5) is 4.39 Å². The lowest BCUT2D eigenvalue weighted by Gasteiger charge is -2.05. The summed E-state index contributed by atoms with van der Waals surface area (Å²) in [5.41, 5.74) is 1.17. The van der Waals surface area contributed by atoms with E-state index in [9.17, 15) is 9.18 Å². The Balaban J connectivity index is 2.07. The Morgan fingerprint density at radius 1 is 1.37 bits per heavy atom. The van der Waals surface area contributed by atoms with Crippen molar-refractivity contribution in [3.05, 3.63) is 56.0 Å². The number of rotatable bonds is 3. The molecule has 0 bridgehead atoms. The highest BCUT2D eigenvalue weighted by atomic mass is 35.5. The van der Waals surface area contributed by atoms with Gasteiger partial charge >= 0.3 is 0 Å². The smallest absolute Gasteiger partial charge is 0.254 e. The molecule has 0 fully saturated rings. The number of carbonyl (C=O) groups is 1. The van der Waals surface area contributed by atoms with Crippen LogP contribution in [-0.4, -0.2) is 5.91 Å². The number of thiophene rings is 1. The minimum Gasteiger partial charge on any atom is -0.347 e. The lowest BCUT2D eigenvalue weighted by molar-refractivity contribution is 0.0947. The number of halogens is 2. The lowest BCUT2D eigenvalue weighted by Crippen LogP contribution is -2.23. The van der Waals surface area contributed by atoms with Gasteiger partial charge in [0.2, 0.25) is 0 Å². The molecule has 2 aromatic rings. The van der Waals surface area contributed by atoms with Crippen molar-refractivity contribution in [2.45, 2.75) is 20.4 Å². The predicted octanol–water partition coefficient (Wildman–Crippen LogP) is 4.09. The number of hydrogen-bond donors (Lipinski definition) is 1. The van der Waals surface area contributed by atoms with Gasteiger partial charge in [-0.05, 0) is 43.7 Å². The van der Waals surface area contributed by atoms with E-state index in [0.29, 0.717) is 11.6 Å². The van der Waals surface area contributed by atoms with Gasteiger partial charge in [-0.15, -0.1) is 11.3 Å². The molecule has 1 amide bonds. The van der Waals surface area contributed by atoms with Crippen molar-refractivity contribution >= 4 is 28.8 Å². The van der Waals surface area contributed by atoms with Crippen LogP contribution in [0, 0.1) is 19.7 Å². The van der Waals surface area contributed by atoms with Crippen LogP contribution in [0.5, 0.6) is 0 Å². The zero-order valence-corrected chi connectivity index (χ0v) is 12.2. The van der Waals surface area contributed by atoms with Crippen molar-refractivity contribution in [2.75, 3.05) is 0 Å². The maximum Gasteiger partial charge on any atom is 0.254 e. The quantitative estimate of drug-likeness (QED) is 0.908. The Morgan fingerprint density at radius 2 is 2.11 bits per heavy atom. The van der Waals surface area contributed by atoms with Crippen LogP contribution in [-0.2, 0) is 6.54 Å². The third kappa shape index (κ3) is 3.33. The van der Waals surface area contributed by atoms with E-state index in [1.54, 1.807) is 11.3 Å². The molecule has 100 valence electrons. The number of aryl methyl sites for hydroxylation is 2. The summed E-state index contributed by atoms with van der Waals surface area (Å²) in [4.78, 5) is 14.1. The summed E-state index contributed by atoms with van der Waals surface area (Å²) in [6.45, 7) is 4.44. The Kier molecular flexibility index (Phi) is 4.22. The summed E-state index contributed by atoms with van der Waals surface area (Å²) in [6, 6.07) is 5.96. The van der Waals surface area contributed by atoms with E-state index in [0.717, 1.165) is 4.88 Å². The molecule has 0 saturated carbocycles. The highest BCUT2D eigenvalue weighted by Crippen LogP contribution is 2.20. The summed E-state index contributed by atoms with van der Waals surface area (Å²) in [5, 5.41) is 3.04. The van der Waals surface area contributed by atoms with Gasteiger partial charge in [-0.3, -0.25) is 4.79 Å². The van der Waals surface area contributed by atoms with Crippen molar-refractivity contribution in [2.24, 2.45) is 0 Å². The molecule has 0 unspecified atom stereocenters. The average Bonchev–Trinajstić information content (AvgIpc) is 2.69. The van der Waals surface area contributed by atoms with E-state index in [1.165, 1.54) is 28.6 Å². The highest BCUT2D eigenvalue weighted by molar-refractivity contribution is 7.12. The van der Waals surface area contributed by atoms with Gasteiger partial charge in [-0.25, -0.2) is 4.39 Å². The van der Waals surface area contributed by atoms with Gasteiger partial charge in [-0.1, -0.05) is 11.6 Å². The summed E-state index contributed by atoms with van der Waals surface area (Å²) in [5.74, 6) is -1.02. The zero-order valence-electron chi connectivity index (χ0n) is 10.6. The summed E-state index contributed by atoms with van der Waals surface area (Å²) in [7, 11) is 0. The third-order valence-electron chi connectivity index (χ3n) is 2.81. The first-order chi connectivity index (χ1) is 8.97. The molecule has 19 heavy (non-hydrogen) atoms.